The van der Waals surface area contributed by atoms with Crippen LogP contribution in [0.1, 0.15) is 0 Å². The molecule has 128 valence electrons. The van der Waals surface area contributed by atoms with Crippen molar-refractivity contribution in [3.8, 4) is 17.2 Å². The minimum absolute atomic E-state index is 0.0175. The zero-order valence-electron chi connectivity index (χ0n) is 12.9. The lowest BCUT2D eigenvalue weighted by atomic mass is 10.2. The molecule has 6 nitrogen and oxygen atoms in total. The average Bonchev–Trinajstić information content (AvgIpc) is 2.60. The van der Waals surface area contributed by atoms with Crippen molar-refractivity contribution in [2.45, 2.75) is 11.0 Å². The number of nitrogens with one attached hydrogen (secondary N) is 1. The second-order valence-corrected chi connectivity index (χ2v) is 6.88. The van der Waals surface area contributed by atoms with Gasteiger partial charge in [0.2, 0.25) is 10.0 Å². The highest BCUT2D eigenvalue weighted by molar-refractivity contribution is 7.89. The van der Waals surface area contributed by atoms with Gasteiger partial charge in [0.25, 0.3) is 0 Å². The maximum Gasteiger partial charge on any atom is 0.244 e. The number of ether oxygens (including phenoxy) is 3. The minimum Gasteiger partial charge on any atom is -0.495 e. The number of methoxy groups -OCH3 is 1. The molecule has 2 aromatic carbocycles. The van der Waals surface area contributed by atoms with Crippen molar-refractivity contribution in [3.05, 3.63) is 48.3 Å². The van der Waals surface area contributed by atoms with Crippen LogP contribution in [0.25, 0.3) is 0 Å². The van der Waals surface area contributed by atoms with Crippen molar-refractivity contribution in [3.63, 3.8) is 0 Å². The molecule has 3 rings (SSSR count). The standard InChI is InChI=1S/C16H16FNO5S/c1-21-15-7-6-11(17)8-16(15)24(19,20)18-9-12-10-22-13-4-2-3-5-14(13)23-12/h2-8,12,18H,9-10H2,1H3/t12-/m0/s1. The second-order valence-electron chi connectivity index (χ2n) is 5.14. The molecule has 0 saturated carbocycles. The van der Waals surface area contributed by atoms with Gasteiger partial charge in [0, 0.05) is 0 Å². The predicted octanol–water partition coefficient (Wildman–Crippen LogP) is 1.95. The van der Waals surface area contributed by atoms with E-state index in [0.717, 1.165) is 12.1 Å². The lowest BCUT2D eigenvalue weighted by molar-refractivity contribution is 0.0943. The van der Waals surface area contributed by atoms with E-state index < -0.39 is 21.9 Å². The molecule has 0 saturated heterocycles. The molecule has 0 radical (unpaired) electrons. The third-order valence-electron chi connectivity index (χ3n) is 3.48. The number of halogens is 1. The van der Waals surface area contributed by atoms with Gasteiger partial charge in [-0.1, -0.05) is 12.1 Å². The van der Waals surface area contributed by atoms with Crippen LogP contribution in [0, 0.1) is 5.82 Å². The summed E-state index contributed by atoms with van der Waals surface area (Å²) in [5.74, 6) is 0.567. The van der Waals surface area contributed by atoms with E-state index in [4.69, 9.17) is 14.2 Å². The van der Waals surface area contributed by atoms with Crippen molar-refractivity contribution in [1.82, 2.24) is 4.72 Å². The van der Waals surface area contributed by atoms with Crippen LogP contribution in [0.2, 0.25) is 0 Å². The lowest BCUT2D eigenvalue weighted by Gasteiger charge is -2.26. The summed E-state index contributed by atoms with van der Waals surface area (Å²) in [6.45, 7) is 0.191. The Hall–Kier alpha value is -2.32. The lowest BCUT2D eigenvalue weighted by Crippen LogP contribution is -2.40. The molecule has 1 N–H and O–H groups in total. The third kappa shape index (κ3) is 3.44. The van der Waals surface area contributed by atoms with Crippen LogP contribution in [0.15, 0.2) is 47.4 Å². The number of sulfonamides is 1. The molecule has 1 atom stereocenters. The molecule has 0 spiro atoms. The van der Waals surface area contributed by atoms with Crippen LogP contribution in [-0.2, 0) is 10.0 Å². The summed E-state index contributed by atoms with van der Waals surface area (Å²) in [4.78, 5) is -0.262. The van der Waals surface area contributed by atoms with Crippen LogP contribution < -0.4 is 18.9 Å². The molecule has 0 aliphatic carbocycles. The molecule has 0 aromatic heterocycles. The number of rotatable bonds is 5. The maximum absolute atomic E-state index is 13.4. The Morgan fingerprint density at radius 1 is 1.25 bits per heavy atom. The van der Waals surface area contributed by atoms with Gasteiger partial charge in [-0.25, -0.2) is 17.5 Å². The van der Waals surface area contributed by atoms with Crippen molar-refractivity contribution < 1.29 is 27.0 Å². The Morgan fingerprint density at radius 3 is 2.75 bits per heavy atom. The van der Waals surface area contributed by atoms with Crippen LogP contribution in [0.5, 0.6) is 17.2 Å². The molecule has 0 amide bonds. The first-order valence-electron chi connectivity index (χ1n) is 7.21. The van der Waals surface area contributed by atoms with E-state index in [-0.39, 0.29) is 23.8 Å². The molecule has 24 heavy (non-hydrogen) atoms. The van der Waals surface area contributed by atoms with E-state index >= 15 is 0 Å². The third-order valence-corrected chi connectivity index (χ3v) is 4.93. The van der Waals surface area contributed by atoms with Gasteiger partial charge in [0.15, 0.2) is 11.5 Å². The number of benzene rings is 2. The first-order valence-corrected chi connectivity index (χ1v) is 8.69. The van der Waals surface area contributed by atoms with E-state index in [1.807, 2.05) is 6.07 Å². The Labute approximate surface area is 139 Å². The van der Waals surface area contributed by atoms with Crippen molar-refractivity contribution in [2.75, 3.05) is 20.3 Å². The van der Waals surface area contributed by atoms with Crippen molar-refractivity contribution in [2.24, 2.45) is 0 Å². The van der Waals surface area contributed by atoms with Crippen molar-refractivity contribution >= 4 is 10.0 Å². The highest BCUT2D eigenvalue weighted by atomic mass is 32.2. The number of hydrogen-bond acceptors (Lipinski definition) is 5. The Kier molecular flexibility index (Phi) is 4.59. The summed E-state index contributed by atoms with van der Waals surface area (Å²) < 4.78 is 56.8. The quantitative estimate of drug-likeness (QED) is 0.889. The Morgan fingerprint density at radius 2 is 2.00 bits per heavy atom. The Bertz CT molecular complexity index is 840. The highest BCUT2D eigenvalue weighted by Crippen LogP contribution is 2.31. The van der Waals surface area contributed by atoms with Crippen LogP contribution in [0.4, 0.5) is 4.39 Å². The monoisotopic (exact) mass is 353 g/mol. The van der Waals surface area contributed by atoms with Gasteiger partial charge in [-0.15, -0.1) is 0 Å². The molecule has 1 heterocycles. The molecule has 2 aromatic rings. The largest absolute Gasteiger partial charge is 0.495 e. The minimum atomic E-state index is -3.95. The zero-order chi connectivity index (χ0) is 17.2. The number of fused-ring (bicyclic) bond motifs is 1. The first kappa shape index (κ1) is 16.5. The first-order chi connectivity index (χ1) is 11.5. The summed E-state index contributed by atoms with van der Waals surface area (Å²) in [5.41, 5.74) is 0. The number of hydrogen-bond donors (Lipinski definition) is 1. The second kappa shape index (κ2) is 6.66. The molecule has 8 heteroatoms. The van der Waals surface area contributed by atoms with Crippen LogP contribution in [-0.4, -0.2) is 34.8 Å². The summed E-state index contributed by atoms with van der Waals surface area (Å²) in [6.07, 6.45) is -0.491. The van der Waals surface area contributed by atoms with Gasteiger partial charge in [0.1, 0.15) is 29.2 Å². The van der Waals surface area contributed by atoms with Gasteiger partial charge in [-0.05, 0) is 30.3 Å². The van der Waals surface area contributed by atoms with E-state index in [0.29, 0.717) is 11.5 Å². The Balaban J connectivity index is 1.72. The fourth-order valence-electron chi connectivity index (χ4n) is 2.30. The normalized spacial score (nSPS) is 16.7. The molecular formula is C16H16FNO5S. The zero-order valence-corrected chi connectivity index (χ0v) is 13.7. The van der Waals surface area contributed by atoms with Crippen molar-refractivity contribution in [1.29, 1.82) is 0 Å². The molecule has 1 aliphatic rings. The van der Waals surface area contributed by atoms with Gasteiger partial charge < -0.3 is 14.2 Å². The average molecular weight is 353 g/mol. The maximum atomic E-state index is 13.4. The van der Waals surface area contributed by atoms with Gasteiger partial charge in [-0.3, -0.25) is 0 Å². The fraction of sp³-hybridized carbons (Fsp3) is 0.250. The van der Waals surface area contributed by atoms with E-state index in [9.17, 15) is 12.8 Å². The smallest absolute Gasteiger partial charge is 0.244 e. The summed E-state index contributed by atoms with van der Waals surface area (Å²) in [7, 11) is -2.63. The van der Waals surface area contributed by atoms with Gasteiger partial charge >= 0.3 is 0 Å². The summed E-state index contributed by atoms with van der Waals surface area (Å²) >= 11 is 0. The predicted molar refractivity (Wildman–Crippen MR) is 84.5 cm³/mol. The highest BCUT2D eigenvalue weighted by Gasteiger charge is 2.25. The summed E-state index contributed by atoms with van der Waals surface area (Å²) in [5, 5.41) is 0. The SMILES string of the molecule is COc1ccc(F)cc1S(=O)(=O)NC[C@H]1COc2ccccc2O1. The molecule has 1 aliphatic heterocycles. The van der Waals surface area contributed by atoms with E-state index in [2.05, 4.69) is 4.72 Å². The fourth-order valence-corrected chi connectivity index (χ4v) is 3.55. The van der Waals surface area contributed by atoms with E-state index in [1.54, 1.807) is 18.2 Å². The molecule has 0 bridgehead atoms. The topological polar surface area (TPSA) is 73.9 Å². The number of para-hydroxylation sites is 2. The molecular weight excluding hydrogens is 337 g/mol. The molecule has 0 fully saturated rings. The van der Waals surface area contributed by atoms with Gasteiger partial charge in [-0.2, -0.15) is 0 Å². The van der Waals surface area contributed by atoms with Crippen LogP contribution in [0.3, 0.4) is 0 Å². The van der Waals surface area contributed by atoms with Crippen LogP contribution >= 0.6 is 0 Å². The van der Waals surface area contributed by atoms with Gasteiger partial charge in [0.05, 0.1) is 13.7 Å². The summed E-state index contributed by atoms with van der Waals surface area (Å²) in [6, 6.07) is 10.4. The van der Waals surface area contributed by atoms with E-state index in [1.165, 1.54) is 13.2 Å². The molecule has 0 unspecified atom stereocenters.